The van der Waals surface area contributed by atoms with E-state index in [9.17, 15) is 0 Å². The summed E-state index contributed by atoms with van der Waals surface area (Å²) in [6.45, 7) is 7.08. The lowest BCUT2D eigenvalue weighted by Crippen LogP contribution is -2.32. The van der Waals surface area contributed by atoms with Gasteiger partial charge in [-0.25, -0.2) is 4.98 Å². The quantitative estimate of drug-likeness (QED) is 0.913. The second-order valence-corrected chi connectivity index (χ2v) is 6.80. The summed E-state index contributed by atoms with van der Waals surface area (Å²) in [7, 11) is 0. The second-order valence-electron chi connectivity index (χ2n) is 5.89. The fourth-order valence-electron chi connectivity index (χ4n) is 2.95. The van der Waals surface area contributed by atoms with Crippen molar-refractivity contribution in [3.05, 3.63) is 28.5 Å². The number of benzene rings is 1. The topological polar surface area (TPSA) is 39.1 Å². The van der Waals surface area contributed by atoms with Gasteiger partial charge in [0.15, 0.2) is 0 Å². The summed E-state index contributed by atoms with van der Waals surface area (Å²) in [6.07, 6.45) is 2.54. The summed E-state index contributed by atoms with van der Waals surface area (Å²) in [4.78, 5) is 4.77. The van der Waals surface area contributed by atoms with Gasteiger partial charge < -0.3 is 14.6 Å². The highest BCUT2D eigenvalue weighted by Gasteiger charge is 2.17. The van der Waals surface area contributed by atoms with E-state index in [2.05, 4.69) is 57.9 Å². The van der Waals surface area contributed by atoms with Crippen LogP contribution in [0.2, 0.25) is 0 Å². The molecule has 0 radical (unpaired) electrons. The molecule has 4 nitrogen and oxygen atoms in total. The van der Waals surface area contributed by atoms with Gasteiger partial charge in [0.2, 0.25) is 0 Å². The minimum atomic E-state index is 0.360. The molecule has 2 heterocycles. The van der Waals surface area contributed by atoms with E-state index in [1.54, 1.807) is 0 Å². The van der Waals surface area contributed by atoms with Crippen molar-refractivity contribution in [2.24, 2.45) is 0 Å². The Balaban J connectivity index is 1.84. The fourth-order valence-corrected chi connectivity index (χ4v) is 3.30. The van der Waals surface area contributed by atoms with Gasteiger partial charge >= 0.3 is 0 Å². The normalized spacial score (nSPS) is 17.0. The standard InChI is InChI=1S/C16H22BrN3O/c1-11(2)20-15-4-3-12(17)9-14(15)19-16(20)10-21-13-5-7-18-8-6-13/h3-4,9,11,13,18H,5-8,10H2,1-2H3. The average Bonchev–Trinajstić information content (AvgIpc) is 2.83. The van der Waals surface area contributed by atoms with Crippen molar-refractivity contribution in [3.63, 3.8) is 0 Å². The van der Waals surface area contributed by atoms with Crippen molar-refractivity contribution in [1.82, 2.24) is 14.9 Å². The minimum absolute atomic E-state index is 0.360. The summed E-state index contributed by atoms with van der Waals surface area (Å²) >= 11 is 3.52. The Labute approximate surface area is 134 Å². The van der Waals surface area contributed by atoms with Crippen molar-refractivity contribution >= 4 is 27.0 Å². The molecule has 1 saturated heterocycles. The second kappa shape index (κ2) is 6.46. The number of aromatic nitrogens is 2. The molecule has 0 atom stereocenters. The lowest BCUT2D eigenvalue weighted by molar-refractivity contribution is 0.0163. The highest BCUT2D eigenvalue weighted by molar-refractivity contribution is 9.10. The summed E-state index contributed by atoms with van der Waals surface area (Å²) in [5.41, 5.74) is 2.21. The highest BCUT2D eigenvalue weighted by Crippen LogP contribution is 2.25. The summed E-state index contributed by atoms with van der Waals surface area (Å²) in [5.74, 6) is 1.02. The first kappa shape index (κ1) is 15.0. The molecule has 0 spiro atoms. The lowest BCUT2D eigenvalue weighted by Gasteiger charge is -2.23. The zero-order chi connectivity index (χ0) is 14.8. The molecular weight excluding hydrogens is 330 g/mol. The molecule has 1 aromatic heterocycles. The van der Waals surface area contributed by atoms with Crippen molar-refractivity contribution in [3.8, 4) is 0 Å². The molecule has 2 aromatic rings. The van der Waals surface area contributed by atoms with E-state index < -0.39 is 0 Å². The van der Waals surface area contributed by atoms with Crippen molar-refractivity contribution in [2.75, 3.05) is 13.1 Å². The molecule has 3 rings (SSSR count). The van der Waals surface area contributed by atoms with E-state index in [-0.39, 0.29) is 0 Å². The van der Waals surface area contributed by atoms with Gasteiger partial charge in [-0.1, -0.05) is 15.9 Å². The maximum atomic E-state index is 6.08. The molecule has 0 saturated carbocycles. The average molecular weight is 352 g/mol. The van der Waals surface area contributed by atoms with Crippen LogP contribution in [-0.4, -0.2) is 28.7 Å². The van der Waals surface area contributed by atoms with E-state index in [0.29, 0.717) is 18.8 Å². The Morgan fingerprint density at radius 3 is 2.86 bits per heavy atom. The summed E-state index contributed by atoms with van der Waals surface area (Å²) in [6, 6.07) is 6.64. The Morgan fingerprint density at radius 2 is 2.14 bits per heavy atom. The van der Waals surface area contributed by atoms with Crippen molar-refractivity contribution in [1.29, 1.82) is 0 Å². The number of rotatable bonds is 4. The smallest absolute Gasteiger partial charge is 0.136 e. The summed E-state index contributed by atoms with van der Waals surface area (Å²) < 4.78 is 9.43. The van der Waals surface area contributed by atoms with Crippen LogP contribution in [0.5, 0.6) is 0 Å². The third kappa shape index (κ3) is 3.30. The molecule has 0 bridgehead atoms. The van der Waals surface area contributed by atoms with Gasteiger partial charge in [-0.2, -0.15) is 0 Å². The third-order valence-corrected chi connectivity index (χ3v) is 4.47. The van der Waals surface area contributed by atoms with Crippen molar-refractivity contribution < 1.29 is 4.74 Å². The van der Waals surface area contributed by atoms with E-state index in [4.69, 9.17) is 9.72 Å². The molecule has 0 aliphatic carbocycles. The maximum Gasteiger partial charge on any atom is 0.136 e. The molecule has 0 amide bonds. The van der Waals surface area contributed by atoms with Gasteiger partial charge in [0.25, 0.3) is 0 Å². The number of hydrogen-bond acceptors (Lipinski definition) is 3. The van der Waals surface area contributed by atoms with Gasteiger partial charge in [0.1, 0.15) is 12.4 Å². The maximum absolute atomic E-state index is 6.08. The Hall–Kier alpha value is -0.910. The van der Waals surface area contributed by atoms with Crippen LogP contribution >= 0.6 is 15.9 Å². The largest absolute Gasteiger partial charge is 0.370 e. The first-order valence-electron chi connectivity index (χ1n) is 7.64. The van der Waals surface area contributed by atoms with Crippen LogP contribution in [0.1, 0.15) is 38.6 Å². The van der Waals surface area contributed by atoms with E-state index in [1.165, 1.54) is 5.52 Å². The van der Waals surface area contributed by atoms with Crippen LogP contribution < -0.4 is 5.32 Å². The van der Waals surface area contributed by atoms with Gasteiger partial charge in [-0.15, -0.1) is 0 Å². The number of imidazole rings is 1. The van der Waals surface area contributed by atoms with Gasteiger partial charge in [0, 0.05) is 10.5 Å². The third-order valence-electron chi connectivity index (χ3n) is 3.98. The summed E-state index contributed by atoms with van der Waals surface area (Å²) in [5, 5.41) is 3.36. The molecule has 1 aromatic carbocycles. The Kier molecular flexibility index (Phi) is 4.62. The van der Waals surface area contributed by atoms with Crippen LogP contribution in [0.15, 0.2) is 22.7 Å². The Bertz CT molecular complexity index is 617. The van der Waals surface area contributed by atoms with Crippen LogP contribution in [0.25, 0.3) is 11.0 Å². The van der Waals surface area contributed by atoms with Crippen LogP contribution in [0.4, 0.5) is 0 Å². The highest BCUT2D eigenvalue weighted by atomic mass is 79.9. The zero-order valence-corrected chi connectivity index (χ0v) is 14.2. The molecule has 1 fully saturated rings. The molecule has 1 aliphatic rings. The molecular formula is C16H22BrN3O. The number of fused-ring (bicyclic) bond motifs is 1. The van der Waals surface area contributed by atoms with Gasteiger partial charge in [0.05, 0.1) is 17.1 Å². The molecule has 1 N–H and O–H groups in total. The molecule has 1 aliphatic heterocycles. The molecule has 0 unspecified atom stereocenters. The monoisotopic (exact) mass is 351 g/mol. The van der Waals surface area contributed by atoms with Crippen molar-refractivity contribution in [2.45, 2.75) is 45.4 Å². The number of hydrogen-bond donors (Lipinski definition) is 1. The molecule has 114 valence electrons. The van der Waals surface area contributed by atoms with E-state index in [1.807, 2.05) is 0 Å². The lowest BCUT2D eigenvalue weighted by atomic mass is 10.1. The number of nitrogens with zero attached hydrogens (tertiary/aromatic N) is 2. The first-order valence-corrected chi connectivity index (χ1v) is 8.43. The zero-order valence-electron chi connectivity index (χ0n) is 12.6. The number of nitrogens with one attached hydrogen (secondary N) is 1. The molecule has 21 heavy (non-hydrogen) atoms. The van der Waals surface area contributed by atoms with Gasteiger partial charge in [-0.3, -0.25) is 0 Å². The minimum Gasteiger partial charge on any atom is -0.370 e. The van der Waals surface area contributed by atoms with Crippen LogP contribution in [0, 0.1) is 0 Å². The Morgan fingerprint density at radius 1 is 1.38 bits per heavy atom. The van der Waals surface area contributed by atoms with Crippen LogP contribution in [-0.2, 0) is 11.3 Å². The predicted molar refractivity (Wildman–Crippen MR) is 88.5 cm³/mol. The van der Waals surface area contributed by atoms with E-state index in [0.717, 1.165) is 41.7 Å². The van der Waals surface area contributed by atoms with Gasteiger partial charge in [-0.05, 0) is 58.0 Å². The SMILES string of the molecule is CC(C)n1c(COC2CCNCC2)nc2cc(Br)ccc21. The number of halogens is 1. The number of ether oxygens (including phenoxy) is 1. The predicted octanol–water partition coefficient (Wildman–Crippen LogP) is 3.65. The molecule has 5 heteroatoms. The van der Waals surface area contributed by atoms with Crippen LogP contribution in [0.3, 0.4) is 0 Å². The van der Waals surface area contributed by atoms with E-state index >= 15 is 0 Å². The first-order chi connectivity index (χ1) is 10.1. The number of piperidine rings is 1. The fraction of sp³-hybridized carbons (Fsp3) is 0.562.